The summed E-state index contributed by atoms with van der Waals surface area (Å²) in [5.41, 5.74) is 1.53. The molecule has 2 unspecified atom stereocenters. The normalized spacial score (nSPS) is 32.9. The lowest BCUT2D eigenvalue weighted by Crippen LogP contribution is -2.29. The van der Waals surface area contributed by atoms with Gasteiger partial charge in [0.15, 0.2) is 0 Å². The van der Waals surface area contributed by atoms with Gasteiger partial charge in [0.05, 0.1) is 0 Å². The van der Waals surface area contributed by atoms with Gasteiger partial charge in [0, 0.05) is 17.1 Å². The zero-order valence-electron chi connectivity index (χ0n) is 10.4. The Morgan fingerprint density at radius 2 is 2.06 bits per heavy atom. The minimum absolute atomic E-state index is 0.821. The Labute approximate surface area is 112 Å². The van der Waals surface area contributed by atoms with E-state index in [0.717, 1.165) is 17.9 Å². The van der Waals surface area contributed by atoms with Gasteiger partial charge in [-0.3, -0.25) is 0 Å². The van der Waals surface area contributed by atoms with Gasteiger partial charge in [-0.15, -0.1) is 0 Å². The maximum Gasteiger partial charge on any atom is 0.0175 e. The fourth-order valence-corrected chi connectivity index (χ4v) is 3.40. The topological polar surface area (TPSA) is 3.24 Å². The summed E-state index contributed by atoms with van der Waals surface area (Å²) in [7, 11) is 0. The summed E-state index contributed by atoms with van der Waals surface area (Å²) in [4.78, 5) is 2.68. The van der Waals surface area contributed by atoms with Gasteiger partial charge in [-0.05, 0) is 62.3 Å². The molecule has 1 saturated heterocycles. The lowest BCUT2D eigenvalue weighted by molar-refractivity contribution is 0.256. The third-order valence-electron chi connectivity index (χ3n) is 4.38. The van der Waals surface area contributed by atoms with Crippen LogP contribution in [0.15, 0.2) is 28.7 Å². The Morgan fingerprint density at radius 1 is 1.29 bits per heavy atom. The van der Waals surface area contributed by atoms with Crippen molar-refractivity contribution in [2.24, 2.45) is 5.92 Å². The van der Waals surface area contributed by atoms with Crippen LogP contribution in [0.2, 0.25) is 0 Å². The van der Waals surface area contributed by atoms with Crippen molar-refractivity contribution < 1.29 is 0 Å². The molecule has 92 valence electrons. The van der Waals surface area contributed by atoms with Crippen molar-refractivity contribution in [3.05, 3.63) is 34.3 Å². The molecule has 3 rings (SSSR count). The Bertz CT molecular complexity index is 386. The van der Waals surface area contributed by atoms with Crippen LogP contribution in [0.4, 0.5) is 0 Å². The molecule has 0 amide bonds. The lowest BCUT2D eigenvalue weighted by Gasteiger charge is -2.20. The van der Waals surface area contributed by atoms with Crippen molar-refractivity contribution in [3.63, 3.8) is 0 Å². The van der Waals surface area contributed by atoms with Crippen molar-refractivity contribution in [1.29, 1.82) is 0 Å². The Kier molecular flexibility index (Phi) is 3.27. The summed E-state index contributed by atoms with van der Waals surface area (Å²) >= 11 is 3.50. The van der Waals surface area contributed by atoms with Crippen LogP contribution in [0.3, 0.4) is 0 Å². The molecular formula is C15H20BrN. The molecule has 1 aliphatic carbocycles. The number of hydrogen-bond acceptors (Lipinski definition) is 1. The van der Waals surface area contributed by atoms with Gasteiger partial charge in [0.2, 0.25) is 0 Å². The van der Waals surface area contributed by atoms with Crippen LogP contribution in [0.1, 0.15) is 37.7 Å². The first-order valence-electron chi connectivity index (χ1n) is 6.73. The predicted octanol–water partition coefficient (Wildman–Crippen LogP) is 4.04. The van der Waals surface area contributed by atoms with E-state index in [-0.39, 0.29) is 0 Å². The fraction of sp³-hybridized carbons (Fsp3) is 0.600. The minimum Gasteiger partial charge on any atom is -0.300 e. The average molecular weight is 294 g/mol. The van der Waals surface area contributed by atoms with E-state index in [0.29, 0.717) is 0 Å². The van der Waals surface area contributed by atoms with Crippen LogP contribution in [0.25, 0.3) is 0 Å². The van der Waals surface area contributed by atoms with Crippen LogP contribution in [0, 0.1) is 5.92 Å². The third kappa shape index (κ3) is 2.58. The lowest BCUT2D eigenvalue weighted by atomic mass is 10.1. The van der Waals surface area contributed by atoms with Crippen molar-refractivity contribution in [3.8, 4) is 0 Å². The van der Waals surface area contributed by atoms with Crippen molar-refractivity contribution in [2.75, 3.05) is 13.1 Å². The van der Waals surface area contributed by atoms with Gasteiger partial charge in [-0.1, -0.05) is 28.1 Å². The summed E-state index contributed by atoms with van der Waals surface area (Å²) in [6.07, 6.45) is 4.19. The van der Waals surface area contributed by atoms with Gasteiger partial charge >= 0.3 is 0 Å². The standard InChI is InChI=1S/C15H20BrN/c1-11-3-2-8-17(11)10-13-9-15(13)12-4-6-14(16)7-5-12/h4-7,11,13,15H,2-3,8-10H2,1H3/t11?,13?,15-/m1/s1. The van der Waals surface area contributed by atoms with Gasteiger partial charge in [-0.2, -0.15) is 0 Å². The van der Waals surface area contributed by atoms with Crippen LogP contribution in [-0.4, -0.2) is 24.0 Å². The molecule has 0 radical (unpaired) electrons. The number of likely N-dealkylation sites (tertiary alicyclic amines) is 1. The highest BCUT2D eigenvalue weighted by Gasteiger charge is 2.40. The second-order valence-corrected chi connectivity index (χ2v) is 6.56. The van der Waals surface area contributed by atoms with Gasteiger partial charge in [-0.25, -0.2) is 0 Å². The molecule has 1 heterocycles. The zero-order valence-corrected chi connectivity index (χ0v) is 12.0. The first-order valence-corrected chi connectivity index (χ1v) is 7.53. The molecule has 1 aromatic carbocycles. The number of nitrogens with zero attached hydrogens (tertiary/aromatic N) is 1. The van der Waals surface area contributed by atoms with Gasteiger partial charge in [0.1, 0.15) is 0 Å². The number of halogens is 1. The third-order valence-corrected chi connectivity index (χ3v) is 4.91. The van der Waals surface area contributed by atoms with Gasteiger partial charge in [0.25, 0.3) is 0 Å². The quantitative estimate of drug-likeness (QED) is 0.813. The maximum absolute atomic E-state index is 3.50. The predicted molar refractivity (Wildman–Crippen MR) is 75.3 cm³/mol. The minimum atomic E-state index is 0.821. The molecule has 2 heteroatoms. The number of benzene rings is 1. The molecule has 1 nitrogen and oxygen atoms in total. The first kappa shape index (κ1) is 11.7. The molecule has 0 N–H and O–H groups in total. The molecule has 2 fully saturated rings. The molecule has 1 saturated carbocycles. The largest absolute Gasteiger partial charge is 0.300 e. The molecule has 3 atom stereocenters. The molecule has 0 spiro atoms. The van der Waals surface area contributed by atoms with E-state index in [9.17, 15) is 0 Å². The Morgan fingerprint density at radius 3 is 2.71 bits per heavy atom. The summed E-state index contributed by atoms with van der Waals surface area (Å²) in [6, 6.07) is 9.72. The average Bonchev–Trinajstić information content (AvgIpc) is 2.97. The monoisotopic (exact) mass is 293 g/mol. The molecule has 1 aromatic rings. The molecule has 0 aromatic heterocycles. The fourth-order valence-electron chi connectivity index (χ4n) is 3.13. The maximum atomic E-state index is 3.50. The highest BCUT2D eigenvalue weighted by Crippen LogP contribution is 2.48. The molecule has 1 aliphatic heterocycles. The summed E-state index contributed by atoms with van der Waals surface area (Å²) < 4.78 is 1.19. The number of hydrogen-bond donors (Lipinski definition) is 0. The van der Waals surface area contributed by atoms with Crippen molar-refractivity contribution in [2.45, 2.75) is 38.1 Å². The Balaban J connectivity index is 1.57. The molecule has 0 bridgehead atoms. The van der Waals surface area contributed by atoms with E-state index in [1.807, 2.05) is 0 Å². The first-order chi connectivity index (χ1) is 8.24. The van der Waals surface area contributed by atoms with Gasteiger partial charge < -0.3 is 4.90 Å². The van der Waals surface area contributed by atoms with E-state index in [2.05, 4.69) is 52.0 Å². The summed E-state index contributed by atoms with van der Waals surface area (Å²) in [5, 5.41) is 0. The van der Waals surface area contributed by atoms with E-state index >= 15 is 0 Å². The smallest absolute Gasteiger partial charge is 0.0175 e. The highest BCUT2D eigenvalue weighted by atomic mass is 79.9. The highest BCUT2D eigenvalue weighted by molar-refractivity contribution is 9.10. The second kappa shape index (κ2) is 4.74. The summed E-state index contributed by atoms with van der Waals surface area (Å²) in [6.45, 7) is 5.02. The van der Waals surface area contributed by atoms with E-state index in [1.165, 1.54) is 42.4 Å². The molecule has 2 aliphatic rings. The van der Waals surface area contributed by atoms with Crippen LogP contribution >= 0.6 is 15.9 Å². The van der Waals surface area contributed by atoms with Crippen molar-refractivity contribution in [1.82, 2.24) is 4.90 Å². The molecule has 17 heavy (non-hydrogen) atoms. The van der Waals surface area contributed by atoms with E-state index in [4.69, 9.17) is 0 Å². The Hall–Kier alpha value is -0.340. The SMILES string of the molecule is CC1CCCN1CC1C[C@@H]1c1ccc(Br)cc1. The van der Waals surface area contributed by atoms with E-state index in [1.54, 1.807) is 0 Å². The molecular weight excluding hydrogens is 274 g/mol. The van der Waals surface area contributed by atoms with Crippen LogP contribution < -0.4 is 0 Å². The van der Waals surface area contributed by atoms with Crippen LogP contribution in [-0.2, 0) is 0 Å². The summed E-state index contributed by atoms with van der Waals surface area (Å²) in [5.74, 6) is 1.74. The second-order valence-electron chi connectivity index (χ2n) is 5.64. The number of rotatable bonds is 3. The van der Waals surface area contributed by atoms with Crippen LogP contribution in [0.5, 0.6) is 0 Å². The zero-order chi connectivity index (χ0) is 11.8. The van der Waals surface area contributed by atoms with E-state index < -0.39 is 0 Å². The van der Waals surface area contributed by atoms with Crippen molar-refractivity contribution >= 4 is 15.9 Å².